The zero-order chi connectivity index (χ0) is 16.6. The van der Waals surface area contributed by atoms with Crippen LogP contribution in [0.4, 0.5) is 0 Å². The molecule has 5 heteroatoms. The lowest BCUT2D eigenvalue weighted by Crippen LogP contribution is -2.43. The van der Waals surface area contributed by atoms with Gasteiger partial charge in [0.2, 0.25) is 5.91 Å². The van der Waals surface area contributed by atoms with Crippen LogP contribution in [0.15, 0.2) is 23.8 Å². The average molecular weight is 312 g/mol. The van der Waals surface area contributed by atoms with Gasteiger partial charge in [0.25, 0.3) is 0 Å². The summed E-state index contributed by atoms with van der Waals surface area (Å²) in [7, 11) is 1.64. The Hall–Kier alpha value is -2.32. The molecule has 1 unspecified atom stereocenters. The third-order valence-electron chi connectivity index (χ3n) is 4.61. The minimum atomic E-state index is -0.631. The van der Waals surface area contributed by atoms with Crippen LogP contribution in [0.5, 0.6) is 5.75 Å². The SMILES string of the molecule is COCC1(C)Oc2ccc(C#N)cc2C(N2CCCC2=O)=C1C. The highest BCUT2D eigenvalue weighted by Gasteiger charge is 2.40. The molecular weight excluding hydrogens is 292 g/mol. The van der Waals surface area contributed by atoms with Gasteiger partial charge in [0.15, 0.2) is 5.60 Å². The number of methoxy groups -OCH3 is 1. The first-order valence-corrected chi connectivity index (χ1v) is 7.74. The summed E-state index contributed by atoms with van der Waals surface area (Å²) in [5.41, 5.74) is 2.56. The number of hydrogen-bond donors (Lipinski definition) is 0. The second-order valence-electron chi connectivity index (χ2n) is 6.21. The lowest BCUT2D eigenvalue weighted by atomic mass is 9.88. The van der Waals surface area contributed by atoms with Crippen molar-refractivity contribution in [1.29, 1.82) is 5.26 Å². The maximum atomic E-state index is 12.3. The van der Waals surface area contributed by atoms with Crippen LogP contribution in [0.1, 0.15) is 37.8 Å². The summed E-state index contributed by atoms with van der Waals surface area (Å²) in [6, 6.07) is 7.48. The molecule has 1 amide bonds. The number of rotatable bonds is 3. The summed E-state index contributed by atoms with van der Waals surface area (Å²) in [6.07, 6.45) is 1.41. The van der Waals surface area contributed by atoms with Crippen molar-refractivity contribution in [2.45, 2.75) is 32.3 Å². The number of benzene rings is 1. The number of nitriles is 1. The summed E-state index contributed by atoms with van der Waals surface area (Å²) < 4.78 is 11.5. The minimum absolute atomic E-state index is 0.120. The molecule has 0 spiro atoms. The van der Waals surface area contributed by atoms with Gasteiger partial charge in [0, 0.05) is 25.6 Å². The van der Waals surface area contributed by atoms with Crippen molar-refractivity contribution in [2.75, 3.05) is 20.3 Å². The number of likely N-dealkylation sites (tertiary alicyclic amines) is 1. The Labute approximate surface area is 136 Å². The first-order valence-electron chi connectivity index (χ1n) is 7.74. The van der Waals surface area contributed by atoms with E-state index in [1.807, 2.05) is 18.7 Å². The molecule has 120 valence electrons. The standard InChI is InChI=1S/C18H20N2O3/c1-12-17(20-8-4-5-16(20)21)14-9-13(10-19)6-7-15(14)23-18(12,2)11-22-3/h6-7,9H,4-5,8,11H2,1-3H3. The molecule has 5 nitrogen and oxygen atoms in total. The van der Waals surface area contributed by atoms with Gasteiger partial charge in [-0.15, -0.1) is 0 Å². The number of amides is 1. The minimum Gasteiger partial charge on any atom is -0.480 e. The zero-order valence-electron chi connectivity index (χ0n) is 13.7. The maximum absolute atomic E-state index is 12.3. The number of carbonyl (C=O) groups excluding carboxylic acids is 1. The first kappa shape index (κ1) is 15.6. The van der Waals surface area contributed by atoms with Gasteiger partial charge in [-0.25, -0.2) is 0 Å². The molecule has 1 saturated heterocycles. The molecule has 0 saturated carbocycles. The zero-order valence-corrected chi connectivity index (χ0v) is 13.7. The van der Waals surface area contributed by atoms with Gasteiger partial charge in [-0.1, -0.05) is 0 Å². The van der Waals surface area contributed by atoms with Crippen LogP contribution in [0.25, 0.3) is 5.70 Å². The van der Waals surface area contributed by atoms with Crippen LogP contribution in [0.2, 0.25) is 0 Å². The van der Waals surface area contributed by atoms with E-state index in [9.17, 15) is 10.1 Å². The van der Waals surface area contributed by atoms with Gasteiger partial charge in [-0.2, -0.15) is 5.26 Å². The van der Waals surface area contributed by atoms with Gasteiger partial charge in [0.05, 0.1) is 23.9 Å². The van der Waals surface area contributed by atoms with Crippen LogP contribution in [-0.4, -0.2) is 36.7 Å². The van der Waals surface area contributed by atoms with Gasteiger partial charge in [0.1, 0.15) is 5.75 Å². The molecule has 2 heterocycles. The normalized spacial score (nSPS) is 23.6. The van der Waals surface area contributed by atoms with E-state index in [1.54, 1.807) is 25.3 Å². The molecule has 23 heavy (non-hydrogen) atoms. The van der Waals surface area contributed by atoms with Crippen molar-refractivity contribution in [1.82, 2.24) is 4.90 Å². The fraction of sp³-hybridized carbons (Fsp3) is 0.444. The third-order valence-corrected chi connectivity index (χ3v) is 4.61. The van der Waals surface area contributed by atoms with Crippen LogP contribution in [-0.2, 0) is 9.53 Å². The van der Waals surface area contributed by atoms with Crippen molar-refractivity contribution in [3.63, 3.8) is 0 Å². The van der Waals surface area contributed by atoms with Crippen molar-refractivity contribution < 1.29 is 14.3 Å². The topological polar surface area (TPSA) is 62.6 Å². The van der Waals surface area contributed by atoms with Crippen molar-refractivity contribution >= 4 is 11.6 Å². The highest BCUT2D eigenvalue weighted by atomic mass is 16.5. The van der Waals surface area contributed by atoms with Crippen molar-refractivity contribution in [3.8, 4) is 11.8 Å². The summed E-state index contributed by atoms with van der Waals surface area (Å²) in [6.45, 7) is 5.03. The van der Waals surface area contributed by atoms with E-state index in [-0.39, 0.29) is 5.91 Å². The van der Waals surface area contributed by atoms with Gasteiger partial charge in [-0.3, -0.25) is 4.79 Å². The summed E-state index contributed by atoms with van der Waals surface area (Å²) >= 11 is 0. The molecule has 2 aliphatic heterocycles. The Bertz CT molecular complexity index is 732. The predicted molar refractivity (Wildman–Crippen MR) is 85.6 cm³/mol. The number of carbonyl (C=O) groups is 1. The van der Waals surface area contributed by atoms with Gasteiger partial charge in [-0.05, 0) is 44.0 Å². The summed E-state index contributed by atoms with van der Waals surface area (Å²) in [5.74, 6) is 0.804. The van der Waals surface area contributed by atoms with E-state index in [4.69, 9.17) is 9.47 Å². The molecule has 0 N–H and O–H groups in total. The van der Waals surface area contributed by atoms with Crippen molar-refractivity contribution in [3.05, 3.63) is 34.9 Å². The lowest BCUT2D eigenvalue weighted by molar-refractivity contribution is -0.125. The molecule has 0 aromatic heterocycles. The van der Waals surface area contributed by atoms with E-state index < -0.39 is 5.60 Å². The van der Waals surface area contributed by atoms with E-state index >= 15 is 0 Å². The molecule has 0 radical (unpaired) electrons. The largest absolute Gasteiger partial charge is 0.480 e. The monoisotopic (exact) mass is 312 g/mol. The quantitative estimate of drug-likeness (QED) is 0.861. The van der Waals surface area contributed by atoms with E-state index in [1.165, 1.54) is 0 Å². The Morgan fingerprint density at radius 2 is 2.26 bits per heavy atom. The molecule has 0 bridgehead atoms. The number of ether oxygens (including phenoxy) is 2. The summed E-state index contributed by atoms with van der Waals surface area (Å²) in [4.78, 5) is 14.1. The molecule has 0 aliphatic carbocycles. The van der Waals surface area contributed by atoms with Gasteiger partial charge < -0.3 is 14.4 Å². The highest BCUT2D eigenvalue weighted by molar-refractivity contribution is 5.91. The number of nitrogens with zero attached hydrogens (tertiary/aromatic N) is 2. The second-order valence-corrected chi connectivity index (χ2v) is 6.21. The first-order chi connectivity index (χ1) is 11.0. The molecule has 1 atom stereocenters. The fourth-order valence-electron chi connectivity index (χ4n) is 3.29. The Kier molecular flexibility index (Phi) is 3.87. The predicted octanol–water partition coefficient (Wildman–Crippen LogP) is 2.71. The molecule has 1 aromatic carbocycles. The second kappa shape index (κ2) is 5.71. The van der Waals surface area contributed by atoms with E-state index in [0.29, 0.717) is 30.9 Å². The van der Waals surface area contributed by atoms with Crippen LogP contribution >= 0.6 is 0 Å². The fourth-order valence-corrected chi connectivity index (χ4v) is 3.29. The van der Waals surface area contributed by atoms with E-state index in [0.717, 1.165) is 23.3 Å². The smallest absolute Gasteiger partial charge is 0.227 e. The number of hydrogen-bond acceptors (Lipinski definition) is 4. The molecule has 1 fully saturated rings. The number of fused-ring (bicyclic) bond motifs is 1. The Morgan fingerprint density at radius 1 is 1.48 bits per heavy atom. The molecule has 3 rings (SSSR count). The van der Waals surface area contributed by atoms with Crippen LogP contribution < -0.4 is 4.74 Å². The highest BCUT2D eigenvalue weighted by Crippen LogP contribution is 2.43. The van der Waals surface area contributed by atoms with Crippen LogP contribution in [0, 0.1) is 11.3 Å². The average Bonchev–Trinajstić information content (AvgIpc) is 2.94. The maximum Gasteiger partial charge on any atom is 0.227 e. The van der Waals surface area contributed by atoms with Crippen LogP contribution in [0.3, 0.4) is 0 Å². The summed E-state index contributed by atoms with van der Waals surface area (Å²) in [5, 5.41) is 9.19. The van der Waals surface area contributed by atoms with E-state index in [2.05, 4.69) is 6.07 Å². The molecular formula is C18H20N2O3. The van der Waals surface area contributed by atoms with Gasteiger partial charge >= 0.3 is 0 Å². The van der Waals surface area contributed by atoms with Crippen molar-refractivity contribution in [2.24, 2.45) is 0 Å². The third kappa shape index (κ3) is 2.49. The molecule has 1 aromatic rings. The Balaban J connectivity index is 2.20. The Morgan fingerprint density at radius 3 is 2.87 bits per heavy atom. The molecule has 2 aliphatic rings. The lowest BCUT2D eigenvalue weighted by Gasteiger charge is -2.40.